The third kappa shape index (κ3) is 4.32. The summed E-state index contributed by atoms with van der Waals surface area (Å²) in [5.41, 5.74) is 14.0. The van der Waals surface area contributed by atoms with Gasteiger partial charge in [0.25, 0.3) is 0 Å². The molecule has 3 aliphatic rings. The minimum absolute atomic E-state index is 0.461. The third-order valence-electron chi connectivity index (χ3n) is 10.2. The maximum atomic E-state index is 6.74. The van der Waals surface area contributed by atoms with Gasteiger partial charge in [-0.05, 0) is 57.7 Å². The number of benzene rings is 6. The van der Waals surface area contributed by atoms with Gasteiger partial charge in [-0.3, -0.25) is 0 Å². The highest BCUT2D eigenvalue weighted by Crippen LogP contribution is 2.62. The van der Waals surface area contributed by atoms with E-state index in [1.54, 1.807) is 0 Å². The maximum absolute atomic E-state index is 6.74. The molecule has 0 saturated heterocycles. The van der Waals surface area contributed by atoms with E-state index in [0.29, 0.717) is 5.82 Å². The zero-order valence-electron chi connectivity index (χ0n) is 27.2. The van der Waals surface area contributed by atoms with Crippen LogP contribution in [0, 0.1) is 0 Å². The molecule has 3 heterocycles. The normalized spacial score (nSPS) is 14.4. The molecule has 1 aliphatic carbocycles. The van der Waals surface area contributed by atoms with Crippen LogP contribution in [0.15, 0.2) is 170 Å². The van der Waals surface area contributed by atoms with Gasteiger partial charge in [0, 0.05) is 28.8 Å². The van der Waals surface area contributed by atoms with Crippen molar-refractivity contribution in [3.05, 3.63) is 198 Å². The predicted molar refractivity (Wildman–Crippen MR) is 201 cm³/mol. The summed E-state index contributed by atoms with van der Waals surface area (Å²) in [6.07, 6.45) is 6.23. The predicted octanol–water partition coefficient (Wildman–Crippen LogP) is 10.4. The molecule has 1 N–H and O–H groups in total. The van der Waals surface area contributed by atoms with Crippen molar-refractivity contribution in [3.8, 4) is 56.4 Å². The first-order valence-corrected chi connectivity index (χ1v) is 17.0. The van der Waals surface area contributed by atoms with Crippen LogP contribution in [0.1, 0.15) is 27.9 Å². The van der Waals surface area contributed by atoms with Crippen LogP contribution < -0.4 is 10.1 Å². The molecule has 1 aromatic heterocycles. The van der Waals surface area contributed by atoms with Crippen molar-refractivity contribution >= 4 is 5.70 Å². The lowest BCUT2D eigenvalue weighted by Crippen LogP contribution is -2.32. The Labute approximate surface area is 291 Å². The lowest BCUT2D eigenvalue weighted by Gasteiger charge is -2.39. The lowest BCUT2D eigenvalue weighted by atomic mass is 9.66. The van der Waals surface area contributed by atoms with E-state index in [9.17, 15) is 0 Å². The van der Waals surface area contributed by atoms with E-state index < -0.39 is 5.41 Å². The van der Waals surface area contributed by atoms with Gasteiger partial charge in [-0.1, -0.05) is 146 Å². The van der Waals surface area contributed by atoms with Gasteiger partial charge in [-0.25, -0.2) is 9.97 Å². The fourth-order valence-electron chi connectivity index (χ4n) is 7.96. The zero-order valence-corrected chi connectivity index (χ0v) is 27.2. The second-order valence-corrected chi connectivity index (χ2v) is 12.9. The molecule has 4 heteroatoms. The number of hydrogen-bond donors (Lipinski definition) is 1. The smallest absolute Gasteiger partial charge is 0.160 e. The molecule has 236 valence electrons. The monoisotopic (exact) mass is 641 g/mol. The van der Waals surface area contributed by atoms with Crippen LogP contribution >= 0.6 is 0 Å². The van der Waals surface area contributed by atoms with E-state index in [2.05, 4.69) is 157 Å². The van der Waals surface area contributed by atoms with Crippen molar-refractivity contribution in [1.82, 2.24) is 15.3 Å². The van der Waals surface area contributed by atoms with Crippen molar-refractivity contribution in [1.29, 1.82) is 0 Å². The molecule has 0 atom stereocenters. The molecular formula is C46H31N3O. The standard InChI is InChI=1S/C46H31N3O/c1-2-12-31(13-3-1)41-29-42(40-19-10-11-27-47-40)49-45(48-41)32-23-21-30(22-24-32)33-25-26-39-44(28-33)50-43-20-9-8-18-38(43)46(39)36-16-6-4-14-34(36)35-15-5-7-17-37(35)46/h1-26,28-29,47H,27H2. The van der Waals surface area contributed by atoms with Crippen molar-refractivity contribution in [2.45, 2.75) is 5.41 Å². The molecule has 6 aromatic carbocycles. The van der Waals surface area contributed by atoms with Crippen LogP contribution in [0.2, 0.25) is 0 Å². The maximum Gasteiger partial charge on any atom is 0.160 e. The van der Waals surface area contributed by atoms with Gasteiger partial charge in [0.2, 0.25) is 0 Å². The van der Waals surface area contributed by atoms with E-state index in [1.165, 1.54) is 27.8 Å². The molecule has 10 rings (SSSR count). The molecule has 0 fully saturated rings. The summed E-state index contributed by atoms with van der Waals surface area (Å²) in [6.45, 7) is 0.775. The number of nitrogens with one attached hydrogen (secondary N) is 1. The summed E-state index contributed by atoms with van der Waals surface area (Å²) in [6, 6.07) is 53.7. The van der Waals surface area contributed by atoms with Crippen LogP contribution in [0.5, 0.6) is 11.5 Å². The Morgan fingerprint density at radius 2 is 1.12 bits per heavy atom. The first-order valence-electron chi connectivity index (χ1n) is 17.0. The van der Waals surface area contributed by atoms with Gasteiger partial charge in [-0.15, -0.1) is 0 Å². The fourth-order valence-corrected chi connectivity index (χ4v) is 7.96. The summed E-state index contributed by atoms with van der Waals surface area (Å²) >= 11 is 0. The van der Waals surface area contributed by atoms with Gasteiger partial charge in [0.1, 0.15) is 11.5 Å². The first kappa shape index (κ1) is 28.5. The van der Waals surface area contributed by atoms with Crippen LogP contribution in [0.4, 0.5) is 0 Å². The fraction of sp³-hybridized carbons (Fsp3) is 0.0435. The molecule has 7 aromatic rings. The van der Waals surface area contributed by atoms with Gasteiger partial charge in [0.15, 0.2) is 5.82 Å². The number of fused-ring (bicyclic) bond motifs is 9. The molecule has 50 heavy (non-hydrogen) atoms. The Hall–Kier alpha value is -6.52. The van der Waals surface area contributed by atoms with E-state index in [0.717, 1.165) is 62.9 Å². The summed E-state index contributed by atoms with van der Waals surface area (Å²) < 4.78 is 6.74. The van der Waals surface area contributed by atoms with Gasteiger partial charge in [0.05, 0.1) is 22.5 Å². The number of ether oxygens (including phenoxy) is 1. The number of hydrogen-bond acceptors (Lipinski definition) is 4. The Morgan fingerprint density at radius 1 is 0.500 bits per heavy atom. The molecule has 0 unspecified atom stereocenters. The highest BCUT2D eigenvalue weighted by molar-refractivity contribution is 5.89. The quantitative estimate of drug-likeness (QED) is 0.208. The van der Waals surface area contributed by atoms with E-state index >= 15 is 0 Å². The highest BCUT2D eigenvalue weighted by atomic mass is 16.5. The molecule has 1 spiro atoms. The third-order valence-corrected chi connectivity index (χ3v) is 10.2. The summed E-state index contributed by atoms with van der Waals surface area (Å²) in [5, 5.41) is 3.46. The van der Waals surface area contributed by atoms with Crippen LogP contribution in [0.25, 0.3) is 50.6 Å². The molecule has 0 amide bonds. The molecule has 0 saturated carbocycles. The second kappa shape index (κ2) is 11.3. The Kier molecular flexibility index (Phi) is 6.43. The van der Waals surface area contributed by atoms with E-state index in [1.807, 2.05) is 18.2 Å². The van der Waals surface area contributed by atoms with E-state index in [4.69, 9.17) is 14.7 Å². The number of allylic oxidation sites excluding steroid dienone is 2. The minimum Gasteiger partial charge on any atom is -0.457 e. The molecular weight excluding hydrogens is 611 g/mol. The van der Waals surface area contributed by atoms with Crippen LogP contribution in [-0.2, 0) is 5.41 Å². The summed E-state index contributed by atoms with van der Waals surface area (Å²) in [7, 11) is 0. The van der Waals surface area contributed by atoms with Gasteiger partial charge in [-0.2, -0.15) is 0 Å². The minimum atomic E-state index is -0.461. The molecule has 0 bridgehead atoms. The summed E-state index contributed by atoms with van der Waals surface area (Å²) in [5.74, 6) is 2.46. The highest BCUT2D eigenvalue weighted by Gasteiger charge is 2.50. The zero-order chi connectivity index (χ0) is 33.1. The summed E-state index contributed by atoms with van der Waals surface area (Å²) in [4.78, 5) is 10.0. The Bertz CT molecular complexity index is 2470. The number of dihydropyridines is 1. The van der Waals surface area contributed by atoms with Crippen LogP contribution in [-0.4, -0.2) is 16.5 Å². The SMILES string of the molecule is C1=CCNC(c2cc(-c3ccccc3)nc(-c3ccc(-c4ccc5c(c4)Oc4ccccc4C54c5ccccc5-c5ccccc54)cc3)n2)=C1. The Balaban J connectivity index is 1.07. The average molecular weight is 642 g/mol. The number of rotatable bonds is 4. The van der Waals surface area contributed by atoms with Crippen molar-refractivity contribution < 1.29 is 4.74 Å². The average Bonchev–Trinajstić information content (AvgIpc) is 3.49. The Morgan fingerprint density at radius 3 is 1.86 bits per heavy atom. The molecule has 0 radical (unpaired) electrons. The lowest BCUT2D eigenvalue weighted by molar-refractivity contribution is 0.436. The van der Waals surface area contributed by atoms with Crippen molar-refractivity contribution in [2.24, 2.45) is 0 Å². The molecule has 2 aliphatic heterocycles. The van der Waals surface area contributed by atoms with Gasteiger partial charge < -0.3 is 10.1 Å². The number of nitrogens with zero attached hydrogens (tertiary/aromatic N) is 2. The topological polar surface area (TPSA) is 47.0 Å². The van der Waals surface area contributed by atoms with Crippen molar-refractivity contribution in [2.75, 3.05) is 6.54 Å². The number of aromatic nitrogens is 2. The van der Waals surface area contributed by atoms with Gasteiger partial charge >= 0.3 is 0 Å². The van der Waals surface area contributed by atoms with Crippen LogP contribution in [0.3, 0.4) is 0 Å². The largest absolute Gasteiger partial charge is 0.457 e. The molecule has 4 nitrogen and oxygen atoms in total. The first-order chi connectivity index (χ1) is 24.8. The number of para-hydroxylation sites is 1. The second-order valence-electron chi connectivity index (χ2n) is 12.9. The van der Waals surface area contributed by atoms with E-state index in [-0.39, 0.29) is 0 Å². The van der Waals surface area contributed by atoms with Crippen molar-refractivity contribution in [3.63, 3.8) is 0 Å².